The lowest BCUT2D eigenvalue weighted by molar-refractivity contribution is -0.249. The minimum atomic E-state index is -5.04. The van der Waals surface area contributed by atoms with Crippen molar-refractivity contribution in [2.24, 2.45) is 5.92 Å². The summed E-state index contributed by atoms with van der Waals surface area (Å²) in [5.41, 5.74) is -4.67. The van der Waals surface area contributed by atoms with E-state index in [0.717, 1.165) is 26.8 Å². The number of fused-ring (bicyclic) bond motifs is 1. The molecular weight excluding hydrogens is 344 g/mol. The molecule has 0 saturated carbocycles. The number of aliphatic carboxylic acids is 1. The molecule has 0 radical (unpaired) electrons. The van der Waals surface area contributed by atoms with Crippen LogP contribution in [0.15, 0.2) is 12.1 Å². The predicted molar refractivity (Wildman–Crippen MR) is 81.0 cm³/mol. The van der Waals surface area contributed by atoms with E-state index in [1.54, 1.807) is 0 Å². The molecule has 0 fully saturated rings. The smallest absolute Gasteiger partial charge is 0.396 e. The summed E-state index contributed by atoms with van der Waals surface area (Å²) in [5.74, 6) is -5.24. The van der Waals surface area contributed by atoms with E-state index in [2.05, 4.69) is 0 Å². The van der Waals surface area contributed by atoms with Gasteiger partial charge in [0.05, 0.1) is 6.61 Å². The molecule has 0 bridgehead atoms. The van der Waals surface area contributed by atoms with E-state index in [-0.39, 0.29) is 17.9 Å². The number of hydrogen-bond donors (Lipinski definition) is 2. The van der Waals surface area contributed by atoms with Gasteiger partial charge < -0.3 is 14.9 Å². The van der Waals surface area contributed by atoms with Gasteiger partial charge in [0.15, 0.2) is 5.60 Å². The predicted octanol–water partition coefficient (Wildman–Crippen LogP) is 3.44. The Morgan fingerprint density at radius 1 is 1.32 bits per heavy atom. The summed E-state index contributed by atoms with van der Waals surface area (Å²) < 4.78 is 60.8. The van der Waals surface area contributed by atoms with Crippen LogP contribution in [0, 0.1) is 11.7 Å². The third-order valence-electron chi connectivity index (χ3n) is 4.88. The molecular formula is C17H20F4O4. The zero-order valence-corrected chi connectivity index (χ0v) is 14.1. The van der Waals surface area contributed by atoms with Crippen molar-refractivity contribution in [3.05, 3.63) is 29.1 Å². The topological polar surface area (TPSA) is 66.8 Å². The van der Waals surface area contributed by atoms with E-state index in [4.69, 9.17) is 4.74 Å². The van der Waals surface area contributed by atoms with Crippen LogP contribution in [0.5, 0.6) is 5.75 Å². The third kappa shape index (κ3) is 3.19. The van der Waals surface area contributed by atoms with Gasteiger partial charge in [0.2, 0.25) is 0 Å². The number of alkyl halides is 3. The number of hydrogen-bond acceptors (Lipinski definition) is 3. The number of aliphatic hydroxyl groups is 1. The average Bonchev–Trinajstić information content (AvgIpc) is 2.91. The number of carboxylic acid groups (broad SMARTS) is 1. The van der Waals surface area contributed by atoms with Crippen molar-refractivity contribution in [1.29, 1.82) is 0 Å². The lowest BCUT2D eigenvalue weighted by Crippen LogP contribution is -2.58. The molecule has 1 aliphatic heterocycles. The first-order valence-electron chi connectivity index (χ1n) is 7.84. The normalized spacial score (nSPS) is 18.2. The van der Waals surface area contributed by atoms with Crippen LogP contribution in [0.1, 0.15) is 38.3 Å². The first-order chi connectivity index (χ1) is 11.4. The Balaban J connectivity index is 2.71. The number of ether oxygens (including phenoxy) is 1. The highest BCUT2D eigenvalue weighted by molar-refractivity contribution is 5.78. The summed E-state index contributed by atoms with van der Waals surface area (Å²) in [7, 11) is 0. The summed E-state index contributed by atoms with van der Waals surface area (Å²) in [6, 6.07) is 2.11. The van der Waals surface area contributed by atoms with Crippen LogP contribution in [-0.4, -0.2) is 34.6 Å². The van der Waals surface area contributed by atoms with Gasteiger partial charge in [-0.15, -0.1) is 0 Å². The maximum absolute atomic E-state index is 13.9. The Labute approximate surface area is 142 Å². The molecule has 1 aromatic rings. The van der Waals surface area contributed by atoms with E-state index in [9.17, 15) is 32.6 Å². The van der Waals surface area contributed by atoms with Gasteiger partial charge in [-0.25, -0.2) is 9.18 Å². The fourth-order valence-corrected chi connectivity index (χ4v) is 3.66. The molecule has 4 nitrogen and oxygen atoms in total. The van der Waals surface area contributed by atoms with E-state index in [0.29, 0.717) is 12.0 Å². The molecule has 0 amide bonds. The zero-order valence-electron chi connectivity index (χ0n) is 14.1. The van der Waals surface area contributed by atoms with Crippen molar-refractivity contribution < 1.29 is 37.3 Å². The van der Waals surface area contributed by atoms with Crippen LogP contribution in [0.25, 0.3) is 0 Å². The summed E-state index contributed by atoms with van der Waals surface area (Å²) >= 11 is 0. The van der Waals surface area contributed by atoms with Gasteiger partial charge in [-0.05, 0) is 18.6 Å². The molecule has 2 N–H and O–H groups in total. The Hall–Kier alpha value is -1.83. The lowest BCUT2D eigenvalue weighted by Gasteiger charge is -2.43. The van der Waals surface area contributed by atoms with Crippen molar-refractivity contribution in [2.75, 3.05) is 6.61 Å². The number of rotatable bonds is 5. The second-order valence-electron chi connectivity index (χ2n) is 6.82. The van der Waals surface area contributed by atoms with Gasteiger partial charge in [-0.1, -0.05) is 20.8 Å². The SMILES string of the molecule is CCC(O)(C(=O)O)C(C(F)(F)F)C(C)(C)c1cc(F)cc2c1OCC2. The standard InChI is InChI=1S/C17H20F4O4/c1-4-16(24,14(22)23)13(17(19,20)21)15(2,3)11-8-10(18)7-9-5-6-25-12(9)11/h7-8,13,24H,4-6H2,1-3H3,(H,22,23). The maximum Gasteiger partial charge on any atom is 0.396 e. The number of benzene rings is 1. The van der Waals surface area contributed by atoms with Crippen LogP contribution >= 0.6 is 0 Å². The van der Waals surface area contributed by atoms with Crippen LogP contribution < -0.4 is 4.74 Å². The highest BCUT2D eigenvalue weighted by Gasteiger charge is 2.63. The molecule has 0 saturated heterocycles. The highest BCUT2D eigenvalue weighted by atomic mass is 19.4. The number of carbonyl (C=O) groups is 1. The Morgan fingerprint density at radius 2 is 1.92 bits per heavy atom. The molecule has 2 atom stereocenters. The third-order valence-corrected chi connectivity index (χ3v) is 4.88. The van der Waals surface area contributed by atoms with Gasteiger partial charge in [-0.3, -0.25) is 0 Å². The fraction of sp³-hybridized carbons (Fsp3) is 0.588. The highest BCUT2D eigenvalue weighted by Crippen LogP contribution is 2.52. The second-order valence-corrected chi connectivity index (χ2v) is 6.82. The Bertz CT molecular complexity index is 684. The van der Waals surface area contributed by atoms with Crippen molar-refractivity contribution >= 4 is 5.97 Å². The fourth-order valence-electron chi connectivity index (χ4n) is 3.66. The molecule has 0 spiro atoms. The summed E-state index contributed by atoms with van der Waals surface area (Å²) in [5, 5.41) is 19.6. The van der Waals surface area contributed by atoms with Crippen LogP contribution in [0.3, 0.4) is 0 Å². The van der Waals surface area contributed by atoms with E-state index >= 15 is 0 Å². The first-order valence-corrected chi connectivity index (χ1v) is 7.84. The van der Waals surface area contributed by atoms with Crippen molar-refractivity contribution in [2.45, 2.75) is 50.8 Å². The minimum absolute atomic E-state index is 0.101. The molecule has 1 aliphatic rings. The summed E-state index contributed by atoms with van der Waals surface area (Å²) in [6.45, 7) is 3.65. The van der Waals surface area contributed by atoms with Crippen molar-refractivity contribution in [3.63, 3.8) is 0 Å². The van der Waals surface area contributed by atoms with Gasteiger partial charge >= 0.3 is 12.1 Å². The Morgan fingerprint density at radius 3 is 2.40 bits per heavy atom. The van der Waals surface area contributed by atoms with Crippen LogP contribution in [-0.2, 0) is 16.6 Å². The molecule has 1 heterocycles. The maximum atomic E-state index is 13.9. The van der Waals surface area contributed by atoms with Crippen molar-refractivity contribution in [3.8, 4) is 5.75 Å². The van der Waals surface area contributed by atoms with E-state index < -0.39 is 41.3 Å². The second kappa shape index (κ2) is 6.16. The zero-order chi connectivity index (χ0) is 19.2. The molecule has 140 valence electrons. The lowest BCUT2D eigenvalue weighted by atomic mass is 9.64. The number of carboxylic acids is 1. The Kier molecular flexibility index (Phi) is 4.80. The van der Waals surface area contributed by atoms with E-state index in [1.807, 2.05) is 0 Å². The monoisotopic (exact) mass is 364 g/mol. The largest absolute Gasteiger partial charge is 0.493 e. The van der Waals surface area contributed by atoms with Gasteiger partial charge in [-0.2, -0.15) is 13.2 Å². The minimum Gasteiger partial charge on any atom is -0.493 e. The molecule has 2 unspecified atom stereocenters. The quantitative estimate of drug-likeness (QED) is 0.786. The van der Waals surface area contributed by atoms with E-state index in [1.165, 1.54) is 6.07 Å². The summed E-state index contributed by atoms with van der Waals surface area (Å²) in [6.07, 6.45) is -5.34. The molecule has 25 heavy (non-hydrogen) atoms. The summed E-state index contributed by atoms with van der Waals surface area (Å²) in [4.78, 5) is 11.5. The molecule has 0 aromatic heterocycles. The van der Waals surface area contributed by atoms with Gasteiger partial charge in [0.25, 0.3) is 0 Å². The average molecular weight is 364 g/mol. The molecule has 8 heteroatoms. The molecule has 2 rings (SSSR count). The van der Waals surface area contributed by atoms with Crippen molar-refractivity contribution in [1.82, 2.24) is 0 Å². The molecule has 1 aromatic carbocycles. The number of halogens is 4. The van der Waals surface area contributed by atoms with Gasteiger partial charge in [0, 0.05) is 23.0 Å². The van der Waals surface area contributed by atoms with Gasteiger partial charge in [0.1, 0.15) is 17.5 Å². The molecule has 0 aliphatic carbocycles. The first kappa shape index (κ1) is 19.5. The van der Waals surface area contributed by atoms with Crippen LogP contribution in [0.2, 0.25) is 0 Å². The van der Waals surface area contributed by atoms with Crippen LogP contribution in [0.4, 0.5) is 17.6 Å².